The van der Waals surface area contributed by atoms with Gasteiger partial charge in [-0.05, 0) is 69.2 Å². The van der Waals surface area contributed by atoms with Gasteiger partial charge in [-0.15, -0.1) is 0 Å². The van der Waals surface area contributed by atoms with Crippen LogP contribution in [-0.2, 0) is 51.1 Å². The highest BCUT2D eigenvalue weighted by molar-refractivity contribution is 5.94. The first-order valence-electron chi connectivity index (χ1n) is 21.0. The maximum Gasteiger partial charge on any atom is 0.327 e. The average Bonchev–Trinajstić information content (AvgIpc) is 3.72. The third-order valence-electron chi connectivity index (χ3n) is 11.7. The number of fused-ring (bicyclic) bond motifs is 4. The Labute approximate surface area is 337 Å². The van der Waals surface area contributed by atoms with Crippen LogP contribution in [0.5, 0.6) is 5.75 Å². The number of allylic oxidation sites excluding steroid dienone is 1. The third kappa shape index (κ3) is 9.57. The summed E-state index contributed by atoms with van der Waals surface area (Å²) in [5.41, 5.74) is 0.428. The van der Waals surface area contributed by atoms with Crippen LogP contribution in [0.2, 0.25) is 0 Å². The number of aromatic hydroxyl groups is 1. The Balaban J connectivity index is 1.32. The zero-order chi connectivity index (χ0) is 40.8. The van der Waals surface area contributed by atoms with E-state index in [1.54, 1.807) is 38.0 Å². The molecule has 2 aromatic rings. The first kappa shape index (κ1) is 42.8. The standard InChI is InChI=1S/C45H62N2O10/c1-6-8-14-25-44(26-15-9-7-2)55-37-35-27-45(42(52)46-33(29-48)23-24-36(50)54-43(3,4)5)39(41(51)53-35)47(57-40(45)38(37)56-44)28-32-19-11-10-17-30(32)20-16-21-31-18-12-13-22-34(31)49/h10-13,16-20,22,33,35,37-40,48-49H,6-9,14-15,21,23-29H2,1-5H3,(H,46,52)/t33-,35+,37-,38-,39+,40+,45+/m0/s1. The van der Waals surface area contributed by atoms with Crippen molar-refractivity contribution in [2.24, 2.45) is 5.41 Å². The molecule has 6 rings (SSSR count). The van der Waals surface area contributed by atoms with Crippen LogP contribution in [-0.4, -0.2) is 87.6 Å². The number of nitrogens with one attached hydrogen (secondary N) is 1. The van der Waals surface area contributed by atoms with Crippen LogP contribution in [0.3, 0.4) is 0 Å². The quantitative estimate of drug-likeness (QED) is 0.103. The number of hydrogen-bond acceptors (Lipinski definition) is 11. The monoisotopic (exact) mass is 790 g/mol. The largest absolute Gasteiger partial charge is 0.508 e. The lowest BCUT2D eigenvalue weighted by molar-refractivity contribution is -0.224. The molecule has 12 nitrogen and oxygen atoms in total. The summed E-state index contributed by atoms with van der Waals surface area (Å²) >= 11 is 0. The van der Waals surface area contributed by atoms with E-state index < -0.39 is 77.8 Å². The summed E-state index contributed by atoms with van der Waals surface area (Å²) in [4.78, 5) is 48.7. The lowest BCUT2D eigenvalue weighted by Crippen LogP contribution is -2.70. The van der Waals surface area contributed by atoms with Crippen LogP contribution in [0, 0.1) is 5.41 Å². The number of hydroxylamine groups is 2. The molecule has 57 heavy (non-hydrogen) atoms. The van der Waals surface area contributed by atoms with Crippen LogP contribution in [0.25, 0.3) is 6.08 Å². The van der Waals surface area contributed by atoms with Gasteiger partial charge in [-0.3, -0.25) is 19.2 Å². The van der Waals surface area contributed by atoms with E-state index in [0.29, 0.717) is 19.3 Å². The molecular weight excluding hydrogens is 728 g/mol. The van der Waals surface area contributed by atoms with E-state index in [-0.39, 0.29) is 31.6 Å². The zero-order valence-corrected chi connectivity index (χ0v) is 34.2. The Morgan fingerprint density at radius 1 is 0.982 bits per heavy atom. The predicted octanol–water partition coefficient (Wildman–Crippen LogP) is 6.69. The van der Waals surface area contributed by atoms with Gasteiger partial charge in [0.15, 0.2) is 11.8 Å². The van der Waals surface area contributed by atoms with E-state index in [1.807, 2.05) is 48.6 Å². The van der Waals surface area contributed by atoms with Crippen molar-refractivity contribution in [3.63, 3.8) is 0 Å². The molecule has 1 saturated carbocycles. The summed E-state index contributed by atoms with van der Waals surface area (Å²) in [5.74, 6) is -2.15. The molecule has 0 aromatic heterocycles. The van der Waals surface area contributed by atoms with Crippen LogP contribution in [0.1, 0.15) is 122 Å². The van der Waals surface area contributed by atoms with Crippen molar-refractivity contribution in [3.8, 4) is 5.75 Å². The fourth-order valence-corrected chi connectivity index (χ4v) is 8.92. The van der Waals surface area contributed by atoms with E-state index in [0.717, 1.165) is 55.2 Å². The molecule has 3 saturated heterocycles. The van der Waals surface area contributed by atoms with Crippen LogP contribution < -0.4 is 5.32 Å². The minimum Gasteiger partial charge on any atom is -0.508 e. The molecule has 12 heteroatoms. The number of ether oxygens (including phenoxy) is 4. The summed E-state index contributed by atoms with van der Waals surface area (Å²) in [7, 11) is 0. The number of rotatable bonds is 19. The summed E-state index contributed by atoms with van der Waals surface area (Å²) < 4.78 is 25.6. The molecule has 4 aliphatic rings. The summed E-state index contributed by atoms with van der Waals surface area (Å²) in [6.45, 7) is 9.41. The summed E-state index contributed by atoms with van der Waals surface area (Å²) in [6, 6.07) is 13.1. The number of carbonyl (C=O) groups excluding carboxylic acids is 3. The highest BCUT2D eigenvalue weighted by Crippen LogP contribution is 2.58. The molecule has 0 unspecified atom stereocenters. The third-order valence-corrected chi connectivity index (χ3v) is 11.7. The Morgan fingerprint density at radius 3 is 2.32 bits per heavy atom. The highest BCUT2D eigenvalue weighted by Gasteiger charge is 2.76. The van der Waals surface area contributed by atoms with Crippen molar-refractivity contribution < 1.29 is 48.4 Å². The maximum absolute atomic E-state index is 14.9. The normalized spacial score (nSPS) is 26.9. The molecule has 312 valence electrons. The lowest BCUT2D eigenvalue weighted by Gasteiger charge is -2.49. The zero-order valence-electron chi connectivity index (χ0n) is 34.2. The van der Waals surface area contributed by atoms with Gasteiger partial charge in [0.2, 0.25) is 5.91 Å². The molecule has 3 heterocycles. The number of para-hydroxylation sites is 1. The van der Waals surface area contributed by atoms with Gasteiger partial charge in [0.25, 0.3) is 0 Å². The van der Waals surface area contributed by atoms with Crippen molar-refractivity contribution in [1.82, 2.24) is 10.4 Å². The number of hydrogen-bond donors (Lipinski definition) is 3. The number of phenols is 1. The molecule has 1 amide bonds. The Hall–Kier alpha value is -3.81. The number of carbonyl (C=O) groups is 3. The SMILES string of the molecule is CCCCCC1(CCCCC)O[C@@H]2[C@H](O1)[C@H]1ON(Cc3ccccc3C=CCc3ccccc3O)[C@@H]3C(=O)O[C@@H]2C[C@]13C(=O)N[C@H](CO)CCC(=O)OC(C)(C)C. The average molecular weight is 791 g/mol. The number of esters is 2. The number of amides is 1. The van der Waals surface area contributed by atoms with Crippen molar-refractivity contribution >= 4 is 23.9 Å². The second-order valence-electron chi connectivity index (χ2n) is 17.1. The van der Waals surface area contributed by atoms with Gasteiger partial charge in [0.05, 0.1) is 19.2 Å². The molecule has 2 aromatic carbocycles. The molecule has 3 N–H and O–H groups in total. The Kier molecular flexibility index (Phi) is 13.8. The van der Waals surface area contributed by atoms with Gasteiger partial charge >= 0.3 is 11.9 Å². The molecule has 7 atom stereocenters. The molecule has 3 aliphatic heterocycles. The van der Waals surface area contributed by atoms with Gasteiger partial charge in [-0.2, -0.15) is 5.06 Å². The first-order valence-corrected chi connectivity index (χ1v) is 21.0. The van der Waals surface area contributed by atoms with Crippen LogP contribution in [0.15, 0.2) is 54.6 Å². The second kappa shape index (κ2) is 18.4. The van der Waals surface area contributed by atoms with Gasteiger partial charge in [-0.1, -0.05) is 94.1 Å². The lowest BCUT2D eigenvalue weighted by atomic mass is 9.62. The number of benzene rings is 2. The second-order valence-corrected chi connectivity index (χ2v) is 17.1. The van der Waals surface area contributed by atoms with Crippen molar-refractivity contribution in [1.29, 1.82) is 0 Å². The van der Waals surface area contributed by atoms with Crippen LogP contribution >= 0.6 is 0 Å². The van der Waals surface area contributed by atoms with Crippen molar-refractivity contribution in [2.45, 2.75) is 166 Å². The predicted molar refractivity (Wildman–Crippen MR) is 213 cm³/mol. The van der Waals surface area contributed by atoms with E-state index >= 15 is 0 Å². The van der Waals surface area contributed by atoms with Gasteiger partial charge in [0, 0.05) is 25.7 Å². The van der Waals surface area contributed by atoms with Crippen molar-refractivity contribution in [3.05, 3.63) is 71.3 Å². The molecular formula is C45H62N2O10. The number of phenolic OH excluding ortho intramolecular Hbond substituents is 1. The first-order chi connectivity index (χ1) is 27.3. The Morgan fingerprint density at radius 2 is 1.65 bits per heavy atom. The number of aliphatic hydroxyl groups excluding tert-OH is 1. The maximum atomic E-state index is 14.9. The number of aliphatic hydroxyl groups is 1. The molecule has 1 aliphatic carbocycles. The molecule has 0 radical (unpaired) electrons. The molecule has 2 bridgehead atoms. The van der Waals surface area contributed by atoms with E-state index in [2.05, 4.69) is 19.2 Å². The fraction of sp³-hybridized carbons (Fsp3) is 0.622. The molecule has 4 fully saturated rings. The van der Waals surface area contributed by atoms with E-state index in [9.17, 15) is 24.6 Å². The molecule has 0 spiro atoms. The number of unbranched alkanes of at least 4 members (excludes halogenated alkanes) is 4. The minimum atomic E-state index is -1.44. The van der Waals surface area contributed by atoms with Crippen molar-refractivity contribution in [2.75, 3.05) is 6.61 Å². The van der Waals surface area contributed by atoms with E-state index in [4.69, 9.17) is 23.8 Å². The van der Waals surface area contributed by atoms with Crippen LogP contribution in [0.4, 0.5) is 0 Å². The van der Waals surface area contributed by atoms with Gasteiger partial charge in [-0.25, -0.2) is 0 Å². The fourth-order valence-electron chi connectivity index (χ4n) is 8.92. The van der Waals surface area contributed by atoms with Gasteiger partial charge in [0.1, 0.15) is 41.2 Å². The summed E-state index contributed by atoms with van der Waals surface area (Å²) in [6.07, 6.45) is 9.04. The summed E-state index contributed by atoms with van der Waals surface area (Å²) in [5, 5.41) is 25.3. The smallest absolute Gasteiger partial charge is 0.327 e. The highest BCUT2D eigenvalue weighted by atomic mass is 16.8. The van der Waals surface area contributed by atoms with E-state index in [1.165, 1.54) is 0 Å². The number of nitrogens with zero attached hydrogens (tertiary/aromatic N) is 1. The minimum absolute atomic E-state index is 0.0101. The topological polar surface area (TPSA) is 153 Å². The Bertz CT molecular complexity index is 1730. The van der Waals surface area contributed by atoms with Gasteiger partial charge < -0.3 is 34.5 Å².